The molecule has 156 valence electrons. The molecule has 1 aromatic carbocycles. The average molecular weight is 418 g/mol. The first-order valence-electron chi connectivity index (χ1n) is 10.0. The number of carbonyl (C=O) groups excluding carboxylic acids is 2. The normalized spacial score (nSPS) is 13.2. The van der Waals surface area contributed by atoms with Crippen molar-refractivity contribution in [1.29, 1.82) is 0 Å². The Morgan fingerprint density at radius 2 is 1.90 bits per heavy atom. The smallest absolute Gasteiger partial charge is 0.260 e. The van der Waals surface area contributed by atoms with Gasteiger partial charge in [-0.1, -0.05) is 18.5 Å². The van der Waals surface area contributed by atoms with Crippen LogP contribution in [0.4, 0.5) is 0 Å². The first-order valence-corrected chi connectivity index (χ1v) is 10.4. The Morgan fingerprint density at radius 3 is 2.48 bits per heavy atom. The molecule has 0 N–H and O–H groups in total. The van der Waals surface area contributed by atoms with Gasteiger partial charge in [-0.05, 0) is 55.7 Å². The molecule has 0 bridgehead atoms. The van der Waals surface area contributed by atoms with E-state index in [1.165, 1.54) is 0 Å². The zero-order valence-corrected chi connectivity index (χ0v) is 17.8. The third-order valence-electron chi connectivity index (χ3n) is 5.04. The molecular formula is C22H28ClN3O3. The Hall–Kier alpha value is -2.47. The number of nitrogens with zero attached hydrogens (tertiary/aromatic N) is 3. The summed E-state index contributed by atoms with van der Waals surface area (Å²) in [6, 6.07) is 11.2. The van der Waals surface area contributed by atoms with Gasteiger partial charge in [0.1, 0.15) is 5.75 Å². The van der Waals surface area contributed by atoms with Crippen molar-refractivity contribution in [1.82, 2.24) is 14.4 Å². The molecule has 1 fully saturated rings. The molecule has 7 heteroatoms. The molecule has 1 aromatic heterocycles. The topological polar surface area (TPSA) is 54.8 Å². The van der Waals surface area contributed by atoms with Crippen molar-refractivity contribution >= 4 is 23.4 Å². The fraction of sp³-hybridized carbons (Fsp3) is 0.455. The van der Waals surface area contributed by atoms with E-state index in [1.54, 1.807) is 29.2 Å². The number of ether oxygens (including phenoxy) is 1. The molecule has 3 rings (SSSR count). The fourth-order valence-corrected chi connectivity index (χ4v) is 3.35. The Bertz CT molecular complexity index is 830. The fourth-order valence-electron chi connectivity index (χ4n) is 3.23. The Labute approximate surface area is 177 Å². The maximum atomic E-state index is 13.0. The predicted octanol–water partition coefficient (Wildman–Crippen LogP) is 3.49. The van der Waals surface area contributed by atoms with Gasteiger partial charge in [0, 0.05) is 36.5 Å². The maximum absolute atomic E-state index is 13.0. The zero-order valence-electron chi connectivity index (χ0n) is 17.0. The molecule has 0 unspecified atom stereocenters. The van der Waals surface area contributed by atoms with Crippen LogP contribution in [-0.4, -0.2) is 51.9 Å². The number of halogens is 1. The van der Waals surface area contributed by atoms with Crippen LogP contribution in [0, 0.1) is 0 Å². The van der Waals surface area contributed by atoms with Gasteiger partial charge in [-0.25, -0.2) is 0 Å². The van der Waals surface area contributed by atoms with Crippen LogP contribution < -0.4 is 4.74 Å². The number of aromatic nitrogens is 1. The van der Waals surface area contributed by atoms with Gasteiger partial charge in [-0.3, -0.25) is 9.59 Å². The maximum Gasteiger partial charge on any atom is 0.260 e. The predicted molar refractivity (Wildman–Crippen MR) is 113 cm³/mol. The van der Waals surface area contributed by atoms with E-state index in [0.717, 1.165) is 25.0 Å². The van der Waals surface area contributed by atoms with E-state index >= 15 is 0 Å². The molecule has 0 saturated heterocycles. The van der Waals surface area contributed by atoms with Crippen molar-refractivity contribution in [2.45, 2.75) is 38.8 Å². The zero-order chi connectivity index (χ0) is 20.8. The summed E-state index contributed by atoms with van der Waals surface area (Å²) < 4.78 is 7.60. The van der Waals surface area contributed by atoms with Crippen molar-refractivity contribution in [3.63, 3.8) is 0 Å². The summed E-state index contributed by atoms with van der Waals surface area (Å²) in [6.07, 6.45) is 4.81. The lowest BCUT2D eigenvalue weighted by Gasteiger charge is -2.28. The third kappa shape index (κ3) is 6.00. The molecule has 6 nitrogen and oxygen atoms in total. The summed E-state index contributed by atoms with van der Waals surface area (Å²) in [5, 5.41) is 0.611. The van der Waals surface area contributed by atoms with Crippen LogP contribution in [0.2, 0.25) is 5.02 Å². The van der Waals surface area contributed by atoms with Gasteiger partial charge in [0.2, 0.25) is 5.91 Å². The highest BCUT2D eigenvalue weighted by Crippen LogP contribution is 2.28. The van der Waals surface area contributed by atoms with Crippen LogP contribution in [0.25, 0.3) is 0 Å². The summed E-state index contributed by atoms with van der Waals surface area (Å²) in [6.45, 7) is 3.07. The molecule has 0 radical (unpaired) electrons. The van der Waals surface area contributed by atoms with Crippen LogP contribution in [0.1, 0.15) is 31.9 Å². The molecule has 1 aliphatic carbocycles. The van der Waals surface area contributed by atoms with Crippen LogP contribution in [0.15, 0.2) is 42.6 Å². The SMILES string of the molecule is CCCN(CC(=O)N(Cc1cccn1C)C1CC1)C(=O)COc1ccc(Cl)cc1. The van der Waals surface area contributed by atoms with E-state index in [-0.39, 0.29) is 31.0 Å². The summed E-state index contributed by atoms with van der Waals surface area (Å²) >= 11 is 5.87. The molecule has 0 aliphatic heterocycles. The second-order valence-corrected chi connectivity index (χ2v) is 7.86. The quantitative estimate of drug-likeness (QED) is 0.594. The lowest BCUT2D eigenvalue weighted by atomic mass is 10.3. The summed E-state index contributed by atoms with van der Waals surface area (Å²) in [5.74, 6) is 0.376. The number of aryl methyl sites for hydroxylation is 1. The molecule has 1 aliphatic rings. The van der Waals surface area contributed by atoms with Gasteiger partial charge in [0.15, 0.2) is 6.61 Å². The largest absolute Gasteiger partial charge is 0.484 e. The number of benzene rings is 1. The van der Waals surface area contributed by atoms with Gasteiger partial charge in [0.05, 0.1) is 13.1 Å². The Balaban J connectivity index is 1.59. The van der Waals surface area contributed by atoms with E-state index in [1.807, 2.05) is 41.8 Å². The first kappa shape index (κ1) is 21.2. The molecule has 2 amide bonds. The van der Waals surface area contributed by atoms with E-state index in [2.05, 4.69) is 0 Å². The van der Waals surface area contributed by atoms with Crippen LogP contribution in [-0.2, 0) is 23.2 Å². The van der Waals surface area contributed by atoms with Gasteiger partial charge in [0.25, 0.3) is 5.91 Å². The second kappa shape index (κ2) is 9.83. The molecular weight excluding hydrogens is 390 g/mol. The highest BCUT2D eigenvalue weighted by molar-refractivity contribution is 6.30. The Kier molecular flexibility index (Phi) is 7.20. The van der Waals surface area contributed by atoms with Crippen molar-refractivity contribution in [2.75, 3.05) is 19.7 Å². The van der Waals surface area contributed by atoms with Gasteiger partial charge < -0.3 is 19.1 Å². The highest BCUT2D eigenvalue weighted by atomic mass is 35.5. The molecule has 1 heterocycles. The summed E-state index contributed by atoms with van der Waals surface area (Å²) in [7, 11) is 1.98. The molecule has 2 aromatic rings. The van der Waals surface area contributed by atoms with Crippen molar-refractivity contribution in [3.8, 4) is 5.75 Å². The van der Waals surface area contributed by atoms with Gasteiger partial charge >= 0.3 is 0 Å². The van der Waals surface area contributed by atoms with Gasteiger partial charge in [-0.15, -0.1) is 0 Å². The number of hydrogen-bond acceptors (Lipinski definition) is 3. The molecule has 0 spiro atoms. The number of hydrogen-bond donors (Lipinski definition) is 0. The van der Waals surface area contributed by atoms with Crippen LogP contribution in [0.3, 0.4) is 0 Å². The highest BCUT2D eigenvalue weighted by Gasteiger charge is 2.34. The minimum absolute atomic E-state index is 0.0120. The summed E-state index contributed by atoms with van der Waals surface area (Å²) in [4.78, 5) is 29.2. The van der Waals surface area contributed by atoms with Crippen molar-refractivity contribution < 1.29 is 14.3 Å². The number of rotatable bonds is 10. The van der Waals surface area contributed by atoms with E-state index in [9.17, 15) is 9.59 Å². The number of carbonyl (C=O) groups is 2. The second-order valence-electron chi connectivity index (χ2n) is 7.42. The standard InChI is InChI=1S/C22H28ClN3O3/c1-3-12-25(22(28)16-29-20-10-6-17(23)7-11-20)15-21(27)26(18-8-9-18)14-19-5-4-13-24(19)2/h4-7,10-11,13,18H,3,8-9,12,14-16H2,1-2H3. The van der Waals surface area contributed by atoms with Crippen molar-refractivity contribution in [3.05, 3.63) is 53.3 Å². The van der Waals surface area contributed by atoms with E-state index in [0.29, 0.717) is 23.9 Å². The third-order valence-corrected chi connectivity index (χ3v) is 5.29. The molecule has 29 heavy (non-hydrogen) atoms. The lowest BCUT2D eigenvalue weighted by molar-refractivity contribution is -0.142. The van der Waals surface area contributed by atoms with E-state index in [4.69, 9.17) is 16.3 Å². The number of amides is 2. The molecule has 0 atom stereocenters. The van der Waals surface area contributed by atoms with Crippen LogP contribution >= 0.6 is 11.6 Å². The van der Waals surface area contributed by atoms with Crippen LogP contribution in [0.5, 0.6) is 5.75 Å². The van der Waals surface area contributed by atoms with E-state index < -0.39 is 0 Å². The minimum atomic E-state index is -0.190. The lowest BCUT2D eigenvalue weighted by Crippen LogP contribution is -2.45. The minimum Gasteiger partial charge on any atom is -0.484 e. The average Bonchev–Trinajstić information content (AvgIpc) is 3.47. The van der Waals surface area contributed by atoms with Crippen molar-refractivity contribution in [2.24, 2.45) is 7.05 Å². The summed E-state index contributed by atoms with van der Waals surface area (Å²) in [5.41, 5.74) is 1.09. The van der Waals surface area contributed by atoms with Gasteiger partial charge in [-0.2, -0.15) is 0 Å². The monoisotopic (exact) mass is 417 g/mol. The molecule has 1 saturated carbocycles. The Morgan fingerprint density at radius 1 is 1.17 bits per heavy atom. The first-order chi connectivity index (χ1) is 14.0.